The zero-order valence-corrected chi connectivity index (χ0v) is 9.74. The van der Waals surface area contributed by atoms with Crippen LogP contribution in [0.1, 0.15) is 30.0 Å². The molecule has 1 aliphatic rings. The minimum Gasteiger partial charge on any atom is -0.324 e. The van der Waals surface area contributed by atoms with Crippen molar-refractivity contribution in [1.29, 1.82) is 0 Å². The third kappa shape index (κ3) is 2.22. The molecule has 0 heterocycles. The van der Waals surface area contributed by atoms with E-state index in [-0.39, 0.29) is 18.4 Å². The molecule has 1 aromatic carbocycles. The van der Waals surface area contributed by atoms with Gasteiger partial charge in [0.15, 0.2) is 0 Å². The summed E-state index contributed by atoms with van der Waals surface area (Å²) in [7, 11) is 0. The van der Waals surface area contributed by atoms with Crippen molar-refractivity contribution in [3.63, 3.8) is 0 Å². The van der Waals surface area contributed by atoms with Gasteiger partial charge in [-0.2, -0.15) is 0 Å². The van der Waals surface area contributed by atoms with Gasteiger partial charge in [0.25, 0.3) is 0 Å². The molecule has 0 unspecified atom stereocenters. The zero-order chi connectivity index (χ0) is 9.42. The molecular formula is C11H15Cl2N. The van der Waals surface area contributed by atoms with Crippen molar-refractivity contribution in [3.05, 3.63) is 34.3 Å². The number of halogens is 2. The number of benzene rings is 1. The Balaban J connectivity index is 0.000000980. The Bertz CT molecular complexity index is 301. The Morgan fingerprint density at radius 2 is 2.07 bits per heavy atom. The van der Waals surface area contributed by atoms with E-state index in [1.807, 2.05) is 12.1 Å². The largest absolute Gasteiger partial charge is 0.324 e. The molecule has 78 valence electrons. The number of nitrogens with two attached hydrogens (primary N) is 1. The van der Waals surface area contributed by atoms with Crippen molar-refractivity contribution in [2.24, 2.45) is 11.7 Å². The van der Waals surface area contributed by atoms with Crippen molar-refractivity contribution < 1.29 is 0 Å². The van der Waals surface area contributed by atoms with Crippen LogP contribution in [0.3, 0.4) is 0 Å². The van der Waals surface area contributed by atoms with E-state index >= 15 is 0 Å². The average molecular weight is 232 g/mol. The van der Waals surface area contributed by atoms with Gasteiger partial charge in [0, 0.05) is 11.1 Å². The highest BCUT2D eigenvalue weighted by atomic mass is 35.5. The van der Waals surface area contributed by atoms with Crippen molar-refractivity contribution in [1.82, 2.24) is 0 Å². The highest BCUT2D eigenvalue weighted by Crippen LogP contribution is 2.42. The predicted molar refractivity (Wildman–Crippen MR) is 63.1 cm³/mol. The monoisotopic (exact) mass is 231 g/mol. The van der Waals surface area contributed by atoms with Crippen LogP contribution in [0.25, 0.3) is 0 Å². The molecule has 0 bridgehead atoms. The second-order valence-electron chi connectivity index (χ2n) is 3.83. The van der Waals surface area contributed by atoms with E-state index in [9.17, 15) is 0 Å². The van der Waals surface area contributed by atoms with Crippen LogP contribution in [0, 0.1) is 12.8 Å². The molecule has 1 aromatic rings. The first kappa shape index (κ1) is 11.8. The number of hydrogen-bond donors (Lipinski definition) is 1. The maximum atomic E-state index is 6.12. The topological polar surface area (TPSA) is 26.0 Å². The normalized spacial score (nSPS) is 17.4. The van der Waals surface area contributed by atoms with Crippen LogP contribution in [0.2, 0.25) is 5.02 Å². The van der Waals surface area contributed by atoms with Crippen LogP contribution in [-0.2, 0) is 0 Å². The minimum atomic E-state index is 0. The van der Waals surface area contributed by atoms with E-state index in [4.69, 9.17) is 17.3 Å². The smallest absolute Gasteiger partial charge is 0.0456 e. The van der Waals surface area contributed by atoms with E-state index in [0.29, 0.717) is 5.92 Å². The van der Waals surface area contributed by atoms with Crippen molar-refractivity contribution >= 4 is 24.0 Å². The van der Waals surface area contributed by atoms with E-state index in [1.54, 1.807) is 0 Å². The van der Waals surface area contributed by atoms with E-state index in [0.717, 1.165) is 10.6 Å². The molecule has 1 fully saturated rings. The minimum absolute atomic E-state index is 0. The number of hydrogen-bond acceptors (Lipinski definition) is 1. The van der Waals surface area contributed by atoms with Gasteiger partial charge in [-0.05, 0) is 42.9 Å². The van der Waals surface area contributed by atoms with Crippen LogP contribution in [-0.4, -0.2) is 0 Å². The molecule has 1 saturated carbocycles. The molecular weight excluding hydrogens is 217 g/mol. The van der Waals surface area contributed by atoms with Gasteiger partial charge in [0.05, 0.1) is 0 Å². The SMILES string of the molecule is Cc1cccc(Cl)c1[C@@H](N)C1CC1.Cl. The van der Waals surface area contributed by atoms with Crippen LogP contribution < -0.4 is 5.73 Å². The maximum Gasteiger partial charge on any atom is 0.0456 e. The van der Waals surface area contributed by atoms with Gasteiger partial charge in [0.2, 0.25) is 0 Å². The molecule has 2 N–H and O–H groups in total. The lowest BCUT2D eigenvalue weighted by molar-refractivity contribution is 0.630. The average Bonchev–Trinajstić information content (AvgIpc) is 2.85. The van der Waals surface area contributed by atoms with Crippen molar-refractivity contribution in [2.75, 3.05) is 0 Å². The van der Waals surface area contributed by atoms with Crippen LogP contribution in [0.4, 0.5) is 0 Å². The molecule has 0 amide bonds. The summed E-state index contributed by atoms with van der Waals surface area (Å²) in [5.41, 5.74) is 8.48. The summed E-state index contributed by atoms with van der Waals surface area (Å²) in [5, 5.41) is 0.819. The predicted octanol–water partition coefficient (Wildman–Crippen LogP) is 3.48. The highest BCUT2D eigenvalue weighted by molar-refractivity contribution is 6.31. The third-order valence-corrected chi connectivity index (χ3v) is 3.06. The van der Waals surface area contributed by atoms with Gasteiger partial charge in [-0.15, -0.1) is 12.4 Å². The van der Waals surface area contributed by atoms with Crippen LogP contribution >= 0.6 is 24.0 Å². The standard InChI is InChI=1S/C11H14ClN.ClH/c1-7-3-2-4-9(12)10(7)11(13)8-5-6-8;/h2-4,8,11H,5-6,13H2,1H3;1H/t11-;/m0./s1. The lowest BCUT2D eigenvalue weighted by Gasteiger charge is -2.15. The van der Waals surface area contributed by atoms with E-state index in [2.05, 4.69) is 13.0 Å². The fourth-order valence-electron chi connectivity index (χ4n) is 1.76. The summed E-state index contributed by atoms with van der Waals surface area (Å²) in [5.74, 6) is 0.665. The molecule has 0 spiro atoms. The van der Waals surface area contributed by atoms with E-state index in [1.165, 1.54) is 18.4 Å². The summed E-state index contributed by atoms with van der Waals surface area (Å²) in [4.78, 5) is 0. The lowest BCUT2D eigenvalue weighted by atomic mass is 9.98. The molecule has 2 rings (SSSR count). The van der Waals surface area contributed by atoms with Gasteiger partial charge >= 0.3 is 0 Å². The fraction of sp³-hybridized carbons (Fsp3) is 0.455. The molecule has 14 heavy (non-hydrogen) atoms. The summed E-state index contributed by atoms with van der Waals surface area (Å²) in [6.07, 6.45) is 2.51. The first-order valence-electron chi connectivity index (χ1n) is 4.70. The molecule has 0 saturated heterocycles. The molecule has 0 aromatic heterocycles. The van der Waals surface area contributed by atoms with E-state index < -0.39 is 0 Å². The number of rotatable bonds is 2. The summed E-state index contributed by atoms with van der Waals surface area (Å²) in [6, 6.07) is 6.12. The summed E-state index contributed by atoms with van der Waals surface area (Å²) < 4.78 is 0. The lowest BCUT2D eigenvalue weighted by Crippen LogP contribution is -2.14. The molecule has 1 aliphatic carbocycles. The molecule has 3 heteroatoms. The Morgan fingerprint density at radius 3 is 2.57 bits per heavy atom. The van der Waals surface area contributed by atoms with Crippen molar-refractivity contribution in [3.8, 4) is 0 Å². The highest BCUT2D eigenvalue weighted by Gasteiger charge is 2.31. The summed E-state index contributed by atoms with van der Waals surface area (Å²) in [6.45, 7) is 2.07. The molecule has 0 aliphatic heterocycles. The first-order chi connectivity index (χ1) is 6.20. The Kier molecular flexibility index (Phi) is 3.82. The van der Waals surface area contributed by atoms with Crippen LogP contribution in [0.5, 0.6) is 0 Å². The summed E-state index contributed by atoms with van der Waals surface area (Å²) >= 11 is 6.12. The van der Waals surface area contributed by atoms with Crippen molar-refractivity contribution in [2.45, 2.75) is 25.8 Å². The second kappa shape index (κ2) is 4.52. The first-order valence-corrected chi connectivity index (χ1v) is 5.08. The molecule has 0 radical (unpaired) electrons. The molecule has 1 nitrogen and oxygen atoms in total. The van der Waals surface area contributed by atoms with Gasteiger partial charge in [-0.3, -0.25) is 0 Å². The zero-order valence-electron chi connectivity index (χ0n) is 8.16. The Morgan fingerprint density at radius 1 is 1.43 bits per heavy atom. The molecule has 1 atom stereocenters. The Hall–Kier alpha value is -0.240. The van der Waals surface area contributed by atoms with Gasteiger partial charge in [0.1, 0.15) is 0 Å². The van der Waals surface area contributed by atoms with Gasteiger partial charge < -0.3 is 5.73 Å². The number of aryl methyl sites for hydroxylation is 1. The van der Waals surface area contributed by atoms with Crippen LogP contribution in [0.15, 0.2) is 18.2 Å². The van der Waals surface area contributed by atoms with Gasteiger partial charge in [-0.1, -0.05) is 23.7 Å². The maximum absolute atomic E-state index is 6.12. The third-order valence-electron chi connectivity index (χ3n) is 2.73. The fourth-order valence-corrected chi connectivity index (χ4v) is 2.11. The second-order valence-corrected chi connectivity index (χ2v) is 4.24. The Labute approximate surface area is 96.0 Å². The quantitative estimate of drug-likeness (QED) is 0.829. The van der Waals surface area contributed by atoms with Gasteiger partial charge in [-0.25, -0.2) is 0 Å².